The van der Waals surface area contributed by atoms with Gasteiger partial charge in [0.15, 0.2) is 0 Å². The van der Waals surface area contributed by atoms with Crippen molar-refractivity contribution in [1.82, 2.24) is 9.80 Å². The zero-order valence-corrected chi connectivity index (χ0v) is 19.3. The van der Waals surface area contributed by atoms with Crippen LogP contribution in [0.5, 0.6) is 0 Å². The van der Waals surface area contributed by atoms with E-state index in [1.54, 1.807) is 18.7 Å². The molecule has 3 amide bonds. The van der Waals surface area contributed by atoms with Crippen LogP contribution in [-0.4, -0.2) is 70.0 Å². The normalized spacial score (nSPS) is 26.0. The van der Waals surface area contributed by atoms with E-state index in [0.717, 1.165) is 10.5 Å². The van der Waals surface area contributed by atoms with Gasteiger partial charge in [0.1, 0.15) is 12.6 Å². The third kappa shape index (κ3) is 4.52. The van der Waals surface area contributed by atoms with Gasteiger partial charge >= 0.3 is 12.2 Å². The zero-order chi connectivity index (χ0) is 22.9. The number of carbonyl (C=O) groups is 3. The lowest BCUT2D eigenvalue weighted by molar-refractivity contribution is -0.139. The van der Waals surface area contributed by atoms with E-state index in [1.807, 2.05) is 51.1 Å². The number of hydrogen-bond donors (Lipinski definition) is 1. The smallest absolute Gasteiger partial charge is 0.417 e. The number of thioether (sulfide) groups is 1. The molecule has 8 nitrogen and oxygen atoms in total. The average molecular weight is 451 g/mol. The summed E-state index contributed by atoms with van der Waals surface area (Å²) in [5, 5.41) is 9.65. The highest BCUT2D eigenvalue weighted by molar-refractivity contribution is 8.00. The summed E-state index contributed by atoms with van der Waals surface area (Å²) in [5.74, 6) is -0.664. The number of hydrogen-bond acceptors (Lipinski definition) is 6. The highest BCUT2D eigenvalue weighted by Gasteiger charge is 2.50. The maximum absolute atomic E-state index is 13.4. The third-order valence-electron chi connectivity index (χ3n) is 5.83. The van der Waals surface area contributed by atoms with Crippen LogP contribution in [0.15, 0.2) is 30.3 Å². The Bertz CT molecular complexity index is 827. The van der Waals surface area contributed by atoms with Crippen LogP contribution in [0.4, 0.5) is 9.59 Å². The van der Waals surface area contributed by atoms with Gasteiger partial charge in [0.25, 0.3) is 0 Å². The molecule has 0 aliphatic carbocycles. The van der Waals surface area contributed by atoms with E-state index in [-0.39, 0.29) is 17.4 Å². The number of cyclic esters (lactones) is 1. The number of ether oxygens (including phenoxy) is 2. The lowest BCUT2D eigenvalue weighted by atomic mass is 9.91. The Kier molecular flexibility index (Phi) is 6.85. The molecule has 0 spiro atoms. The topological polar surface area (TPSA) is 96.4 Å². The molecule has 3 rings (SSSR count). The highest BCUT2D eigenvalue weighted by atomic mass is 32.2. The Morgan fingerprint density at radius 3 is 2.45 bits per heavy atom. The fourth-order valence-corrected chi connectivity index (χ4v) is 5.96. The minimum atomic E-state index is -1.04. The van der Waals surface area contributed by atoms with Gasteiger partial charge in [0.05, 0.1) is 23.4 Å². The monoisotopic (exact) mass is 450 g/mol. The molecule has 2 fully saturated rings. The molecule has 0 saturated carbocycles. The van der Waals surface area contributed by atoms with Gasteiger partial charge in [-0.1, -0.05) is 58.0 Å². The Morgan fingerprint density at radius 2 is 1.90 bits per heavy atom. The molecule has 9 heteroatoms. The van der Waals surface area contributed by atoms with E-state index in [9.17, 15) is 19.5 Å². The average Bonchev–Trinajstić information content (AvgIpc) is 3.33. The van der Waals surface area contributed by atoms with Crippen molar-refractivity contribution in [2.75, 3.05) is 19.5 Å². The van der Waals surface area contributed by atoms with Gasteiger partial charge < -0.3 is 14.6 Å². The quantitative estimate of drug-likeness (QED) is 0.728. The number of imide groups is 1. The molecule has 170 valence electrons. The summed E-state index contributed by atoms with van der Waals surface area (Å²) < 4.78 is 10.9. The lowest BCUT2D eigenvalue weighted by Crippen LogP contribution is -2.54. The minimum absolute atomic E-state index is 0.0889. The van der Waals surface area contributed by atoms with E-state index < -0.39 is 42.2 Å². The molecule has 5 atom stereocenters. The molecule has 2 aliphatic rings. The van der Waals surface area contributed by atoms with Crippen molar-refractivity contribution in [2.45, 2.75) is 51.3 Å². The SMILES string of the molecule is CO[C@@H](C1CS[C@H](C(C)(C)C)N1C(=O)O)[C@@H](C)C(=O)N1C(=O)OC[C@H]1c1ccccc1. The first-order valence-corrected chi connectivity index (χ1v) is 11.3. The summed E-state index contributed by atoms with van der Waals surface area (Å²) in [7, 11) is 1.47. The second-order valence-electron chi connectivity index (χ2n) is 9.01. The summed E-state index contributed by atoms with van der Waals surface area (Å²) in [6.45, 7) is 7.74. The lowest BCUT2D eigenvalue weighted by Gasteiger charge is -2.38. The van der Waals surface area contributed by atoms with E-state index in [0.29, 0.717) is 5.75 Å². The third-order valence-corrected chi connectivity index (χ3v) is 7.61. The number of benzene rings is 1. The van der Waals surface area contributed by atoms with Crippen LogP contribution in [0.2, 0.25) is 0 Å². The van der Waals surface area contributed by atoms with Crippen LogP contribution in [0.3, 0.4) is 0 Å². The first-order valence-electron chi connectivity index (χ1n) is 10.3. The number of methoxy groups -OCH3 is 1. The molecular formula is C22H30N2O6S. The maximum atomic E-state index is 13.4. The molecule has 0 bridgehead atoms. The Hall–Kier alpha value is -2.26. The van der Waals surface area contributed by atoms with E-state index >= 15 is 0 Å². The molecule has 1 N–H and O–H groups in total. The van der Waals surface area contributed by atoms with Crippen molar-refractivity contribution in [3.8, 4) is 0 Å². The molecule has 31 heavy (non-hydrogen) atoms. The summed E-state index contributed by atoms with van der Waals surface area (Å²) >= 11 is 1.55. The van der Waals surface area contributed by atoms with Gasteiger partial charge in [-0.25, -0.2) is 14.5 Å². The molecule has 1 aromatic carbocycles. The fraction of sp³-hybridized carbons (Fsp3) is 0.591. The number of rotatable bonds is 5. The van der Waals surface area contributed by atoms with Crippen LogP contribution < -0.4 is 0 Å². The molecule has 1 aromatic rings. The van der Waals surface area contributed by atoms with Crippen LogP contribution >= 0.6 is 11.8 Å². The van der Waals surface area contributed by atoms with E-state index in [1.165, 1.54) is 12.0 Å². The fourth-order valence-electron chi connectivity index (χ4n) is 4.33. The van der Waals surface area contributed by atoms with Crippen molar-refractivity contribution in [1.29, 1.82) is 0 Å². The predicted octanol–water partition coefficient (Wildman–Crippen LogP) is 3.83. The van der Waals surface area contributed by atoms with Gasteiger partial charge in [-0.2, -0.15) is 0 Å². The predicted molar refractivity (Wildman–Crippen MR) is 117 cm³/mol. The molecule has 0 aromatic heterocycles. The largest absolute Gasteiger partial charge is 0.465 e. The van der Waals surface area contributed by atoms with Crippen LogP contribution in [0.1, 0.15) is 39.3 Å². The molecule has 0 radical (unpaired) electrons. The van der Waals surface area contributed by atoms with Crippen LogP contribution in [0.25, 0.3) is 0 Å². The first-order chi connectivity index (χ1) is 14.6. The van der Waals surface area contributed by atoms with Gasteiger partial charge in [0, 0.05) is 12.9 Å². The Labute approximate surface area is 186 Å². The summed E-state index contributed by atoms with van der Waals surface area (Å²) in [4.78, 5) is 40.5. The van der Waals surface area contributed by atoms with Crippen molar-refractivity contribution in [3.63, 3.8) is 0 Å². The second kappa shape index (κ2) is 9.08. The first kappa shape index (κ1) is 23.4. The molecule has 1 unspecified atom stereocenters. The number of carbonyl (C=O) groups excluding carboxylic acids is 2. The number of amides is 3. The number of nitrogens with zero attached hydrogens (tertiary/aromatic N) is 2. The van der Waals surface area contributed by atoms with Gasteiger partial charge in [-0.15, -0.1) is 11.8 Å². The summed E-state index contributed by atoms with van der Waals surface area (Å²) in [6, 6.07) is 8.21. The van der Waals surface area contributed by atoms with Crippen molar-refractivity contribution in [3.05, 3.63) is 35.9 Å². The van der Waals surface area contributed by atoms with E-state index in [4.69, 9.17) is 9.47 Å². The van der Waals surface area contributed by atoms with Crippen LogP contribution in [-0.2, 0) is 14.3 Å². The van der Waals surface area contributed by atoms with Crippen LogP contribution in [0, 0.1) is 11.3 Å². The van der Waals surface area contributed by atoms with Crippen molar-refractivity contribution >= 4 is 29.9 Å². The van der Waals surface area contributed by atoms with Gasteiger partial charge in [-0.3, -0.25) is 9.69 Å². The number of carboxylic acid groups (broad SMARTS) is 1. The zero-order valence-electron chi connectivity index (χ0n) is 18.5. The van der Waals surface area contributed by atoms with Crippen molar-refractivity contribution < 1.29 is 29.0 Å². The summed E-state index contributed by atoms with van der Waals surface area (Å²) in [6.07, 6.45) is -2.43. The second-order valence-corrected chi connectivity index (χ2v) is 10.1. The minimum Gasteiger partial charge on any atom is -0.465 e. The maximum Gasteiger partial charge on any atom is 0.417 e. The Morgan fingerprint density at radius 1 is 1.26 bits per heavy atom. The molecule has 2 heterocycles. The molecular weight excluding hydrogens is 420 g/mol. The molecule has 2 saturated heterocycles. The highest BCUT2D eigenvalue weighted by Crippen LogP contribution is 2.43. The standard InChI is InChI=1S/C22H30N2O6S/c1-13(17(29-5)16-12-31-19(22(2,3)4)24(16)20(26)27)18(25)23-15(11-30-21(23)28)14-9-7-6-8-10-14/h6-10,13,15-17,19H,11-12H2,1-5H3,(H,26,27)/t13-,15+,16?,17-,19-/m1/s1. The van der Waals surface area contributed by atoms with Gasteiger partial charge in [0.2, 0.25) is 5.91 Å². The Balaban J connectivity index is 1.85. The van der Waals surface area contributed by atoms with Crippen molar-refractivity contribution in [2.24, 2.45) is 11.3 Å². The molecule has 2 aliphatic heterocycles. The summed E-state index contributed by atoms with van der Waals surface area (Å²) in [5.41, 5.74) is 0.528. The van der Waals surface area contributed by atoms with Gasteiger partial charge in [-0.05, 0) is 11.0 Å². The van der Waals surface area contributed by atoms with E-state index in [2.05, 4.69) is 0 Å².